The summed E-state index contributed by atoms with van der Waals surface area (Å²) >= 11 is 0. The highest BCUT2D eigenvalue weighted by Gasteiger charge is 2.18. The third kappa shape index (κ3) is 6.83. The van der Waals surface area contributed by atoms with Gasteiger partial charge in [0.25, 0.3) is 0 Å². The molecule has 96 valence electrons. The van der Waals surface area contributed by atoms with E-state index in [1.807, 2.05) is 13.8 Å². The summed E-state index contributed by atoms with van der Waals surface area (Å²) in [4.78, 5) is 11.7. The molecule has 0 aromatic heterocycles. The number of nitrogens with one attached hydrogen (secondary N) is 1. The molecule has 3 N–H and O–H groups in total. The fourth-order valence-electron chi connectivity index (χ4n) is 1.52. The van der Waals surface area contributed by atoms with Crippen molar-refractivity contribution >= 4 is 5.91 Å². The molecule has 0 fully saturated rings. The zero-order valence-corrected chi connectivity index (χ0v) is 11.4. The zero-order valence-electron chi connectivity index (χ0n) is 11.4. The molecule has 0 aliphatic rings. The topological polar surface area (TPSA) is 55.1 Å². The van der Waals surface area contributed by atoms with Crippen LogP contribution in [0.5, 0.6) is 0 Å². The summed E-state index contributed by atoms with van der Waals surface area (Å²) < 4.78 is 0. The van der Waals surface area contributed by atoms with E-state index in [0.717, 1.165) is 12.3 Å². The van der Waals surface area contributed by atoms with Crippen LogP contribution in [-0.2, 0) is 4.79 Å². The zero-order chi connectivity index (χ0) is 12.7. The van der Waals surface area contributed by atoms with Crippen LogP contribution in [0.2, 0.25) is 0 Å². The minimum absolute atomic E-state index is 0.0760. The molecule has 0 heterocycles. The molecule has 0 rings (SSSR count). The summed E-state index contributed by atoms with van der Waals surface area (Å²) in [6, 6.07) is 0.176. The lowest BCUT2D eigenvalue weighted by Crippen LogP contribution is -2.42. The van der Waals surface area contributed by atoms with E-state index in [1.54, 1.807) is 0 Å². The van der Waals surface area contributed by atoms with Crippen molar-refractivity contribution in [2.24, 2.45) is 17.6 Å². The van der Waals surface area contributed by atoms with Gasteiger partial charge in [-0.25, -0.2) is 0 Å². The molecule has 0 saturated carbocycles. The van der Waals surface area contributed by atoms with E-state index >= 15 is 0 Å². The first-order valence-electron chi connectivity index (χ1n) is 6.40. The summed E-state index contributed by atoms with van der Waals surface area (Å²) in [6.07, 6.45) is 3.45. The van der Waals surface area contributed by atoms with Crippen LogP contribution in [-0.4, -0.2) is 18.0 Å². The van der Waals surface area contributed by atoms with E-state index in [1.165, 1.54) is 12.8 Å². The maximum atomic E-state index is 11.7. The molecule has 0 spiro atoms. The maximum absolute atomic E-state index is 11.7. The second kappa shape index (κ2) is 7.66. The highest BCUT2D eigenvalue weighted by molar-refractivity contribution is 5.79. The number of hydrogen-bond donors (Lipinski definition) is 2. The Morgan fingerprint density at radius 1 is 1.12 bits per heavy atom. The number of rotatable bonds is 7. The molecule has 16 heavy (non-hydrogen) atoms. The normalized spacial score (nSPS) is 16.9. The van der Waals surface area contributed by atoms with Crippen molar-refractivity contribution in [2.75, 3.05) is 0 Å². The molecular formula is C13H28N2O. The Bertz CT molecular complexity index is 202. The Labute approximate surface area is 100 Å². The molecular weight excluding hydrogens is 200 g/mol. The maximum Gasteiger partial charge on any atom is 0.224 e. The Morgan fingerprint density at radius 2 is 1.69 bits per heavy atom. The van der Waals surface area contributed by atoms with Gasteiger partial charge in [0.1, 0.15) is 0 Å². The molecule has 0 aliphatic carbocycles. The summed E-state index contributed by atoms with van der Waals surface area (Å²) in [5, 5.41) is 3.02. The van der Waals surface area contributed by atoms with Crippen molar-refractivity contribution in [3.05, 3.63) is 0 Å². The average Bonchev–Trinajstić information content (AvgIpc) is 2.15. The van der Waals surface area contributed by atoms with Gasteiger partial charge in [-0.15, -0.1) is 0 Å². The largest absolute Gasteiger partial charge is 0.353 e. The minimum atomic E-state index is -0.104. The number of amides is 1. The average molecular weight is 228 g/mol. The molecule has 0 aromatic carbocycles. The van der Waals surface area contributed by atoms with Gasteiger partial charge in [0.05, 0.1) is 0 Å². The molecule has 3 nitrogen and oxygen atoms in total. The van der Waals surface area contributed by atoms with Crippen molar-refractivity contribution in [3.63, 3.8) is 0 Å². The van der Waals surface area contributed by atoms with Crippen LogP contribution in [0.25, 0.3) is 0 Å². The quantitative estimate of drug-likeness (QED) is 0.702. The Balaban J connectivity index is 3.78. The van der Waals surface area contributed by atoms with Crippen LogP contribution in [0.15, 0.2) is 0 Å². The van der Waals surface area contributed by atoms with Gasteiger partial charge >= 0.3 is 0 Å². The van der Waals surface area contributed by atoms with Crippen molar-refractivity contribution in [1.82, 2.24) is 5.32 Å². The van der Waals surface area contributed by atoms with Crippen molar-refractivity contribution < 1.29 is 4.79 Å². The van der Waals surface area contributed by atoms with Crippen LogP contribution >= 0.6 is 0 Å². The SMILES string of the molecule is CC(C)CCCC(C)NC(=O)C(C)C(C)N. The van der Waals surface area contributed by atoms with Gasteiger partial charge in [-0.3, -0.25) is 4.79 Å². The van der Waals surface area contributed by atoms with Gasteiger partial charge in [-0.05, 0) is 26.2 Å². The number of hydrogen-bond acceptors (Lipinski definition) is 2. The summed E-state index contributed by atoms with van der Waals surface area (Å²) in [5.74, 6) is 0.713. The van der Waals surface area contributed by atoms with Gasteiger partial charge in [-0.2, -0.15) is 0 Å². The van der Waals surface area contributed by atoms with Gasteiger partial charge in [0.15, 0.2) is 0 Å². The summed E-state index contributed by atoms with van der Waals surface area (Å²) in [6.45, 7) is 10.3. The molecule has 1 amide bonds. The first-order valence-corrected chi connectivity index (χ1v) is 6.40. The standard InChI is InChI=1S/C13H28N2O/c1-9(2)7-6-8-10(3)15-13(16)11(4)12(5)14/h9-12H,6-8,14H2,1-5H3,(H,15,16). The van der Waals surface area contributed by atoms with Crippen LogP contribution in [0, 0.1) is 11.8 Å². The van der Waals surface area contributed by atoms with Crippen LogP contribution in [0.1, 0.15) is 53.9 Å². The molecule has 0 aromatic rings. The predicted molar refractivity (Wildman–Crippen MR) is 69.1 cm³/mol. The fraction of sp³-hybridized carbons (Fsp3) is 0.923. The Hall–Kier alpha value is -0.570. The third-order valence-corrected chi connectivity index (χ3v) is 3.01. The van der Waals surface area contributed by atoms with E-state index in [9.17, 15) is 4.79 Å². The highest BCUT2D eigenvalue weighted by Crippen LogP contribution is 2.09. The highest BCUT2D eigenvalue weighted by atomic mass is 16.1. The van der Waals surface area contributed by atoms with Gasteiger partial charge in [-0.1, -0.05) is 33.6 Å². The van der Waals surface area contributed by atoms with Crippen LogP contribution < -0.4 is 11.1 Å². The lowest BCUT2D eigenvalue weighted by molar-refractivity contribution is -0.125. The molecule has 0 aliphatic heterocycles. The third-order valence-electron chi connectivity index (χ3n) is 3.01. The van der Waals surface area contributed by atoms with Gasteiger partial charge in [0.2, 0.25) is 5.91 Å². The molecule has 0 radical (unpaired) electrons. The van der Waals surface area contributed by atoms with E-state index in [-0.39, 0.29) is 23.9 Å². The summed E-state index contributed by atoms with van der Waals surface area (Å²) in [5.41, 5.74) is 5.69. The fourth-order valence-corrected chi connectivity index (χ4v) is 1.52. The predicted octanol–water partition coefficient (Wildman–Crippen LogP) is 2.30. The molecule has 3 heteroatoms. The minimum Gasteiger partial charge on any atom is -0.353 e. The molecule has 3 atom stereocenters. The van der Waals surface area contributed by atoms with E-state index in [2.05, 4.69) is 26.1 Å². The van der Waals surface area contributed by atoms with Crippen molar-refractivity contribution in [3.8, 4) is 0 Å². The lowest BCUT2D eigenvalue weighted by atomic mass is 10.0. The number of carbonyl (C=O) groups is 1. The van der Waals surface area contributed by atoms with Crippen LogP contribution in [0.4, 0.5) is 0 Å². The molecule has 3 unspecified atom stereocenters. The van der Waals surface area contributed by atoms with Crippen LogP contribution in [0.3, 0.4) is 0 Å². The smallest absolute Gasteiger partial charge is 0.224 e. The molecule has 0 bridgehead atoms. The first-order chi connectivity index (χ1) is 7.34. The number of nitrogens with two attached hydrogens (primary N) is 1. The first kappa shape index (κ1) is 15.4. The van der Waals surface area contributed by atoms with Crippen molar-refractivity contribution in [2.45, 2.75) is 66.0 Å². The van der Waals surface area contributed by atoms with Gasteiger partial charge < -0.3 is 11.1 Å². The summed E-state index contributed by atoms with van der Waals surface area (Å²) in [7, 11) is 0. The van der Waals surface area contributed by atoms with E-state index in [0.29, 0.717) is 0 Å². The Kier molecular flexibility index (Phi) is 7.39. The van der Waals surface area contributed by atoms with Gasteiger partial charge in [0, 0.05) is 18.0 Å². The second-order valence-electron chi connectivity index (χ2n) is 5.38. The molecule has 0 saturated heterocycles. The lowest BCUT2D eigenvalue weighted by Gasteiger charge is -2.19. The number of carbonyl (C=O) groups excluding carboxylic acids is 1. The van der Waals surface area contributed by atoms with E-state index < -0.39 is 0 Å². The monoisotopic (exact) mass is 228 g/mol. The Morgan fingerprint density at radius 3 is 2.12 bits per heavy atom. The second-order valence-corrected chi connectivity index (χ2v) is 5.38. The van der Waals surface area contributed by atoms with E-state index in [4.69, 9.17) is 5.73 Å². The van der Waals surface area contributed by atoms with Crippen molar-refractivity contribution in [1.29, 1.82) is 0 Å².